The zero-order valence-electron chi connectivity index (χ0n) is 20.8. The largest absolute Gasteiger partial charge is 0.435 e. The van der Waals surface area contributed by atoms with Crippen molar-refractivity contribution in [1.82, 2.24) is 25.3 Å². The molecule has 0 saturated carbocycles. The molecular formula is C25H30F2N8O2S. The van der Waals surface area contributed by atoms with Crippen LogP contribution in [-0.2, 0) is 11.3 Å². The lowest BCUT2D eigenvalue weighted by Gasteiger charge is -2.31. The van der Waals surface area contributed by atoms with Crippen LogP contribution in [0.25, 0.3) is 0 Å². The molecule has 1 aromatic carbocycles. The lowest BCUT2D eigenvalue weighted by molar-refractivity contribution is -0.117. The summed E-state index contributed by atoms with van der Waals surface area (Å²) in [5, 5.41) is 23.9. The van der Waals surface area contributed by atoms with Crippen molar-refractivity contribution in [2.45, 2.75) is 44.9 Å². The maximum Gasteiger partial charge on any atom is 0.387 e. The average molecular weight is 545 g/mol. The van der Waals surface area contributed by atoms with E-state index in [9.17, 15) is 13.6 Å². The van der Waals surface area contributed by atoms with E-state index in [1.807, 2.05) is 24.3 Å². The quantitative estimate of drug-likeness (QED) is 0.393. The molecule has 2 N–H and O–H groups in total. The molecule has 2 aromatic heterocycles. The van der Waals surface area contributed by atoms with Gasteiger partial charge in [0.15, 0.2) is 5.82 Å². The third kappa shape index (κ3) is 7.32. The summed E-state index contributed by atoms with van der Waals surface area (Å²) < 4.78 is 29.0. The van der Waals surface area contributed by atoms with Crippen molar-refractivity contribution >= 4 is 33.3 Å². The molecule has 202 valence electrons. The highest BCUT2D eigenvalue weighted by Gasteiger charge is 2.25. The minimum Gasteiger partial charge on any atom is -0.435 e. The smallest absolute Gasteiger partial charge is 0.387 e. The molecule has 0 spiro atoms. The van der Waals surface area contributed by atoms with Gasteiger partial charge in [-0.05, 0) is 68.1 Å². The number of carbonyl (C=O) groups excluding carboxylic acids is 1. The Morgan fingerprint density at radius 2 is 1.84 bits per heavy atom. The summed E-state index contributed by atoms with van der Waals surface area (Å²) in [7, 11) is 0. The van der Waals surface area contributed by atoms with Gasteiger partial charge >= 0.3 is 6.61 Å². The van der Waals surface area contributed by atoms with Crippen molar-refractivity contribution in [1.29, 1.82) is 0 Å². The topological polar surface area (TPSA) is 108 Å². The molecule has 38 heavy (non-hydrogen) atoms. The molecule has 2 aliphatic rings. The van der Waals surface area contributed by atoms with Crippen molar-refractivity contribution in [3.05, 3.63) is 48.2 Å². The Morgan fingerprint density at radius 1 is 1.05 bits per heavy atom. The van der Waals surface area contributed by atoms with Crippen LogP contribution in [0, 0.1) is 5.92 Å². The van der Waals surface area contributed by atoms with Crippen LogP contribution >= 0.6 is 11.3 Å². The number of nitrogens with zero attached hydrogens (tertiary/aromatic N) is 6. The minimum absolute atomic E-state index is 0.0459. The SMILES string of the molecule is O=C(CC1CCN(Cc2ccc(OC(F)F)cc2)CC1)Nc1nnc(N[C@@H]2CCN(c3cccnn3)C2)s1. The average Bonchev–Trinajstić information content (AvgIpc) is 3.56. The van der Waals surface area contributed by atoms with E-state index in [0.29, 0.717) is 22.6 Å². The summed E-state index contributed by atoms with van der Waals surface area (Å²) in [5.41, 5.74) is 1.04. The fraction of sp³-hybridized carbons (Fsp3) is 0.480. The fourth-order valence-electron chi connectivity index (χ4n) is 4.87. The first-order valence-corrected chi connectivity index (χ1v) is 13.5. The van der Waals surface area contributed by atoms with Crippen LogP contribution < -0.4 is 20.3 Å². The number of halogens is 2. The molecule has 4 heterocycles. The third-order valence-electron chi connectivity index (χ3n) is 6.81. The lowest BCUT2D eigenvalue weighted by Crippen LogP contribution is -2.34. The highest BCUT2D eigenvalue weighted by Crippen LogP contribution is 2.26. The molecule has 0 bridgehead atoms. The Morgan fingerprint density at radius 3 is 2.58 bits per heavy atom. The van der Waals surface area contributed by atoms with Gasteiger partial charge in [0.2, 0.25) is 16.2 Å². The van der Waals surface area contributed by atoms with E-state index in [4.69, 9.17) is 0 Å². The van der Waals surface area contributed by atoms with Crippen molar-refractivity contribution in [2.75, 3.05) is 41.7 Å². The number of anilines is 3. The summed E-state index contributed by atoms with van der Waals surface area (Å²) in [6.45, 7) is 1.38. The number of likely N-dealkylation sites (tertiary alicyclic amines) is 1. The van der Waals surface area contributed by atoms with Gasteiger partial charge in [-0.2, -0.15) is 13.9 Å². The van der Waals surface area contributed by atoms with Crippen molar-refractivity contribution < 1.29 is 18.3 Å². The van der Waals surface area contributed by atoms with Gasteiger partial charge in [-0.25, -0.2) is 0 Å². The van der Waals surface area contributed by atoms with Gasteiger partial charge in [-0.15, -0.1) is 15.3 Å². The van der Waals surface area contributed by atoms with Crippen LogP contribution in [0.2, 0.25) is 0 Å². The van der Waals surface area contributed by atoms with Gasteiger partial charge in [0.1, 0.15) is 5.75 Å². The Hall–Kier alpha value is -3.45. The van der Waals surface area contributed by atoms with Crippen molar-refractivity contribution in [3.8, 4) is 5.75 Å². The number of ether oxygens (including phenoxy) is 1. The van der Waals surface area contributed by atoms with E-state index in [0.717, 1.165) is 63.4 Å². The first-order valence-electron chi connectivity index (χ1n) is 12.7. The monoisotopic (exact) mass is 544 g/mol. The van der Waals surface area contributed by atoms with Crippen LogP contribution in [0.15, 0.2) is 42.6 Å². The molecule has 2 fully saturated rings. The van der Waals surface area contributed by atoms with E-state index in [-0.39, 0.29) is 17.7 Å². The fourth-order valence-corrected chi connectivity index (χ4v) is 5.61. The second-order valence-corrected chi connectivity index (χ2v) is 10.5. The molecule has 13 heteroatoms. The highest BCUT2D eigenvalue weighted by molar-refractivity contribution is 7.19. The van der Waals surface area contributed by atoms with E-state index in [2.05, 4.69) is 45.6 Å². The summed E-state index contributed by atoms with van der Waals surface area (Å²) >= 11 is 1.34. The molecule has 0 radical (unpaired) electrons. The number of alkyl halides is 2. The van der Waals surface area contributed by atoms with Crippen LogP contribution in [0.5, 0.6) is 5.75 Å². The molecule has 10 nitrogen and oxygen atoms in total. The van der Waals surface area contributed by atoms with Gasteiger partial charge < -0.3 is 20.3 Å². The number of benzene rings is 1. The Labute approximate surface area is 223 Å². The number of aromatic nitrogens is 4. The number of hydrogen-bond acceptors (Lipinski definition) is 10. The zero-order valence-corrected chi connectivity index (χ0v) is 21.6. The number of hydrogen-bond donors (Lipinski definition) is 2. The molecule has 2 aliphatic heterocycles. The normalized spacial score (nSPS) is 18.6. The highest BCUT2D eigenvalue weighted by atomic mass is 32.1. The lowest BCUT2D eigenvalue weighted by atomic mass is 9.93. The van der Waals surface area contributed by atoms with Gasteiger partial charge in [-0.1, -0.05) is 23.5 Å². The van der Waals surface area contributed by atoms with Crippen LogP contribution in [-0.4, -0.2) is 70.0 Å². The second kappa shape index (κ2) is 12.4. The van der Waals surface area contributed by atoms with E-state index in [1.165, 1.54) is 11.3 Å². The molecule has 0 aliphatic carbocycles. The Kier molecular flexibility index (Phi) is 8.54. The predicted octanol–water partition coefficient (Wildman–Crippen LogP) is 3.86. The molecule has 0 unspecified atom stereocenters. The summed E-state index contributed by atoms with van der Waals surface area (Å²) in [6, 6.07) is 10.8. The molecular weight excluding hydrogens is 514 g/mol. The van der Waals surface area contributed by atoms with Gasteiger partial charge in [0, 0.05) is 38.3 Å². The van der Waals surface area contributed by atoms with E-state index < -0.39 is 6.61 Å². The first-order chi connectivity index (χ1) is 18.5. The standard InChI is InChI=1S/C25H30F2N8O2S/c26-23(27)37-20-5-3-18(4-6-20)15-34-11-7-17(8-12-34)14-22(36)30-25-33-32-24(38-25)29-19-9-13-35(16-19)21-2-1-10-28-31-21/h1-6,10,17,19,23H,7-9,11-16H2,(H,29,32)(H,30,33,36)/t19-/m1/s1. The maximum atomic E-state index is 12.6. The maximum absolute atomic E-state index is 12.6. The number of rotatable bonds is 10. The number of carbonyl (C=O) groups is 1. The van der Waals surface area contributed by atoms with Gasteiger partial charge in [0.25, 0.3) is 0 Å². The summed E-state index contributed by atoms with van der Waals surface area (Å²) in [6.07, 6.45) is 4.91. The third-order valence-corrected chi connectivity index (χ3v) is 7.58. The van der Waals surface area contributed by atoms with Crippen molar-refractivity contribution in [2.24, 2.45) is 5.92 Å². The van der Waals surface area contributed by atoms with E-state index in [1.54, 1.807) is 18.3 Å². The van der Waals surface area contributed by atoms with Crippen molar-refractivity contribution in [3.63, 3.8) is 0 Å². The van der Waals surface area contributed by atoms with Crippen LogP contribution in [0.4, 0.5) is 24.9 Å². The molecule has 1 amide bonds. The summed E-state index contributed by atoms with van der Waals surface area (Å²) in [5.74, 6) is 1.29. The first kappa shape index (κ1) is 26.2. The second-order valence-electron chi connectivity index (χ2n) is 9.56. The van der Waals surface area contributed by atoms with Gasteiger partial charge in [0.05, 0.1) is 0 Å². The molecule has 3 aromatic rings. The van der Waals surface area contributed by atoms with Gasteiger partial charge in [-0.3, -0.25) is 9.69 Å². The zero-order chi connectivity index (χ0) is 26.3. The Balaban J connectivity index is 1.01. The minimum atomic E-state index is -2.82. The number of piperidine rings is 1. The molecule has 5 rings (SSSR count). The molecule has 1 atom stereocenters. The number of amides is 1. The predicted molar refractivity (Wildman–Crippen MR) is 141 cm³/mol. The summed E-state index contributed by atoms with van der Waals surface area (Å²) in [4.78, 5) is 17.1. The van der Waals surface area contributed by atoms with E-state index >= 15 is 0 Å². The number of nitrogens with one attached hydrogen (secondary N) is 2. The van der Waals surface area contributed by atoms with Crippen LogP contribution in [0.3, 0.4) is 0 Å². The Bertz CT molecular complexity index is 1180. The van der Waals surface area contributed by atoms with Crippen LogP contribution in [0.1, 0.15) is 31.2 Å². The molecule has 2 saturated heterocycles.